The van der Waals surface area contributed by atoms with Crippen LogP contribution in [0.5, 0.6) is 0 Å². The Morgan fingerprint density at radius 2 is 2.10 bits per heavy atom. The molecule has 4 heterocycles. The number of nitrogens with zero attached hydrogens (tertiary/aromatic N) is 5. The second kappa shape index (κ2) is 7.53. The van der Waals surface area contributed by atoms with Crippen molar-refractivity contribution in [3.63, 3.8) is 0 Å². The average molecular weight is 392 g/mol. The van der Waals surface area contributed by atoms with Crippen molar-refractivity contribution in [2.45, 2.75) is 31.4 Å². The van der Waals surface area contributed by atoms with Crippen molar-refractivity contribution in [3.05, 3.63) is 53.5 Å². The van der Waals surface area contributed by atoms with Gasteiger partial charge < -0.3 is 15.4 Å². The molecular formula is C21H24N6O2. The highest BCUT2D eigenvalue weighted by Crippen LogP contribution is 2.34. The molecule has 5 rings (SSSR count). The average Bonchev–Trinajstić information content (AvgIpc) is 3.39. The normalized spacial score (nSPS) is 21.5. The molecule has 29 heavy (non-hydrogen) atoms. The Hall–Kier alpha value is -2.84. The first-order valence-electron chi connectivity index (χ1n) is 10.1. The number of likely N-dealkylation sites (tertiary alicyclic amines) is 1. The van der Waals surface area contributed by atoms with Crippen LogP contribution in [0.15, 0.2) is 36.7 Å². The van der Waals surface area contributed by atoms with Crippen molar-refractivity contribution < 1.29 is 9.53 Å². The Balaban J connectivity index is 1.39. The van der Waals surface area contributed by atoms with Crippen molar-refractivity contribution in [1.82, 2.24) is 24.6 Å². The second-order valence-electron chi connectivity index (χ2n) is 7.60. The number of hydrogen-bond donors (Lipinski definition) is 1. The highest BCUT2D eigenvalue weighted by atomic mass is 16.5. The fraction of sp³-hybridized carbons (Fsp3) is 0.429. The van der Waals surface area contributed by atoms with Gasteiger partial charge in [-0.25, -0.2) is 14.6 Å². The number of fused-ring (bicyclic) bond motifs is 2. The summed E-state index contributed by atoms with van der Waals surface area (Å²) in [4.78, 5) is 24.1. The summed E-state index contributed by atoms with van der Waals surface area (Å²) in [7, 11) is 0. The number of benzene rings is 1. The number of hydrogen-bond acceptors (Lipinski definition) is 6. The van der Waals surface area contributed by atoms with E-state index in [0.717, 1.165) is 35.3 Å². The minimum atomic E-state index is -0.509. The summed E-state index contributed by atoms with van der Waals surface area (Å²) < 4.78 is 7.70. The van der Waals surface area contributed by atoms with Crippen LogP contribution in [0, 0.1) is 0 Å². The van der Waals surface area contributed by atoms with Crippen LogP contribution in [0.3, 0.4) is 0 Å². The van der Waals surface area contributed by atoms with Crippen LogP contribution in [0.1, 0.15) is 35.3 Å². The molecule has 2 atom stereocenters. The van der Waals surface area contributed by atoms with Crippen molar-refractivity contribution >= 4 is 17.1 Å². The first-order chi connectivity index (χ1) is 14.3. The van der Waals surface area contributed by atoms with E-state index in [1.807, 2.05) is 27.8 Å². The van der Waals surface area contributed by atoms with E-state index >= 15 is 0 Å². The van der Waals surface area contributed by atoms with Gasteiger partial charge in [-0.15, -0.1) is 0 Å². The topological polar surface area (TPSA) is 99.2 Å². The highest BCUT2D eigenvalue weighted by Gasteiger charge is 2.36. The summed E-state index contributed by atoms with van der Waals surface area (Å²) in [6.45, 7) is 2.97. The largest absolute Gasteiger partial charge is 0.363 e. The standard InChI is InChI=1S/C21H24N6O2/c22-7-11-27-20-18(23-8-9-24-20)17(25-27)15-5-10-26(13-15)21(28)19-16-4-2-1-3-14(16)6-12-29-19/h1-4,8-9,15,19H,5-7,10-13,22H2/t15-,19+/m0/s1. The number of carbonyl (C=O) groups excluding carboxylic acids is 1. The van der Waals surface area contributed by atoms with Crippen molar-refractivity contribution in [1.29, 1.82) is 0 Å². The minimum Gasteiger partial charge on any atom is -0.363 e. The van der Waals surface area contributed by atoms with Gasteiger partial charge in [0.05, 0.1) is 18.8 Å². The third-order valence-corrected chi connectivity index (χ3v) is 5.84. The van der Waals surface area contributed by atoms with E-state index in [0.29, 0.717) is 32.8 Å². The smallest absolute Gasteiger partial charge is 0.256 e. The molecule has 2 aliphatic rings. The maximum atomic E-state index is 13.2. The van der Waals surface area contributed by atoms with E-state index in [1.54, 1.807) is 12.4 Å². The summed E-state index contributed by atoms with van der Waals surface area (Å²) in [5.41, 5.74) is 10.4. The quantitative estimate of drug-likeness (QED) is 0.721. The lowest BCUT2D eigenvalue weighted by molar-refractivity contribution is -0.144. The zero-order valence-corrected chi connectivity index (χ0v) is 16.2. The zero-order valence-electron chi connectivity index (χ0n) is 16.2. The predicted octanol–water partition coefficient (Wildman–Crippen LogP) is 1.41. The monoisotopic (exact) mass is 392 g/mol. The van der Waals surface area contributed by atoms with E-state index in [4.69, 9.17) is 15.6 Å². The summed E-state index contributed by atoms with van der Waals surface area (Å²) in [5.74, 6) is 0.174. The maximum Gasteiger partial charge on any atom is 0.256 e. The Bertz CT molecular complexity index is 1050. The summed E-state index contributed by atoms with van der Waals surface area (Å²) >= 11 is 0. The molecular weight excluding hydrogens is 368 g/mol. The molecule has 1 amide bonds. The Morgan fingerprint density at radius 3 is 3.00 bits per heavy atom. The van der Waals surface area contributed by atoms with Gasteiger partial charge in [-0.1, -0.05) is 24.3 Å². The van der Waals surface area contributed by atoms with Gasteiger partial charge in [-0.3, -0.25) is 4.79 Å². The molecule has 1 saturated heterocycles. The third-order valence-electron chi connectivity index (χ3n) is 5.84. The van der Waals surface area contributed by atoms with E-state index in [1.165, 1.54) is 5.56 Å². The van der Waals surface area contributed by atoms with Crippen LogP contribution >= 0.6 is 0 Å². The number of rotatable bonds is 4. The van der Waals surface area contributed by atoms with Gasteiger partial charge in [0.15, 0.2) is 11.8 Å². The summed E-state index contributed by atoms with van der Waals surface area (Å²) in [6, 6.07) is 8.07. The Kier molecular flexibility index (Phi) is 4.73. The van der Waals surface area contributed by atoms with E-state index < -0.39 is 6.10 Å². The number of ether oxygens (including phenoxy) is 1. The molecule has 2 aliphatic heterocycles. The van der Waals surface area contributed by atoms with E-state index in [2.05, 4.69) is 16.0 Å². The van der Waals surface area contributed by atoms with Crippen molar-refractivity contribution in [3.8, 4) is 0 Å². The van der Waals surface area contributed by atoms with Crippen LogP contribution in [-0.4, -0.2) is 56.8 Å². The van der Waals surface area contributed by atoms with Gasteiger partial charge >= 0.3 is 0 Å². The Morgan fingerprint density at radius 1 is 1.24 bits per heavy atom. The molecule has 8 nitrogen and oxygen atoms in total. The van der Waals surface area contributed by atoms with Crippen LogP contribution in [0.2, 0.25) is 0 Å². The van der Waals surface area contributed by atoms with Crippen molar-refractivity contribution in [2.75, 3.05) is 26.2 Å². The summed E-state index contributed by atoms with van der Waals surface area (Å²) in [6.07, 6.45) is 4.55. The molecule has 3 aromatic rings. The van der Waals surface area contributed by atoms with E-state index in [9.17, 15) is 4.79 Å². The van der Waals surface area contributed by atoms with Crippen LogP contribution in [0.25, 0.3) is 11.2 Å². The van der Waals surface area contributed by atoms with Gasteiger partial charge in [-0.05, 0) is 24.0 Å². The van der Waals surface area contributed by atoms with Crippen LogP contribution in [0.4, 0.5) is 0 Å². The fourth-order valence-corrected chi connectivity index (χ4v) is 4.43. The molecule has 0 spiro atoms. The van der Waals surface area contributed by atoms with Crippen molar-refractivity contribution in [2.24, 2.45) is 5.73 Å². The molecule has 150 valence electrons. The first kappa shape index (κ1) is 18.2. The minimum absolute atomic E-state index is 0.0384. The highest BCUT2D eigenvalue weighted by molar-refractivity contribution is 5.83. The van der Waals surface area contributed by atoms with Gasteiger partial charge in [0.2, 0.25) is 0 Å². The summed E-state index contributed by atoms with van der Waals surface area (Å²) in [5, 5.41) is 4.75. The lowest BCUT2D eigenvalue weighted by Crippen LogP contribution is -2.36. The molecule has 8 heteroatoms. The third kappa shape index (κ3) is 3.18. The van der Waals surface area contributed by atoms with Crippen LogP contribution in [-0.2, 0) is 22.5 Å². The molecule has 0 unspecified atom stereocenters. The first-order valence-corrected chi connectivity index (χ1v) is 10.1. The molecule has 0 bridgehead atoms. The molecule has 1 fully saturated rings. The molecule has 2 N–H and O–H groups in total. The van der Waals surface area contributed by atoms with Gasteiger partial charge in [0.25, 0.3) is 5.91 Å². The van der Waals surface area contributed by atoms with E-state index in [-0.39, 0.29) is 11.8 Å². The molecule has 2 aromatic heterocycles. The van der Waals surface area contributed by atoms with Crippen LogP contribution < -0.4 is 5.73 Å². The number of nitrogens with two attached hydrogens (primary N) is 1. The van der Waals surface area contributed by atoms with Gasteiger partial charge in [0, 0.05) is 37.9 Å². The maximum absolute atomic E-state index is 13.2. The number of aromatic nitrogens is 4. The number of amides is 1. The Labute approximate surface area is 168 Å². The lowest BCUT2D eigenvalue weighted by atomic mass is 9.97. The second-order valence-corrected chi connectivity index (χ2v) is 7.60. The molecule has 1 aromatic carbocycles. The molecule has 0 radical (unpaired) electrons. The predicted molar refractivity (Wildman–Crippen MR) is 107 cm³/mol. The fourth-order valence-electron chi connectivity index (χ4n) is 4.43. The SMILES string of the molecule is NCCn1nc([C@H]2CCN(C(=O)[C@@H]3OCCc4ccccc43)C2)c2nccnc21. The zero-order chi connectivity index (χ0) is 19.8. The molecule has 0 aliphatic carbocycles. The molecule has 0 saturated carbocycles. The lowest BCUT2D eigenvalue weighted by Gasteiger charge is -2.28. The van der Waals surface area contributed by atoms with Gasteiger partial charge in [0.1, 0.15) is 5.52 Å². The van der Waals surface area contributed by atoms with Gasteiger partial charge in [-0.2, -0.15) is 5.10 Å². The number of carbonyl (C=O) groups is 1.